The summed E-state index contributed by atoms with van der Waals surface area (Å²) in [5, 5.41) is 0. The van der Waals surface area contributed by atoms with Gasteiger partial charge in [-0.15, -0.1) is 31.7 Å². The molecule has 82 valence electrons. The molecule has 1 aliphatic heterocycles. The number of hydrogen-bond donors (Lipinski definition) is 0. The molecule has 0 aliphatic carbocycles. The first kappa shape index (κ1) is 13.1. The lowest BCUT2D eigenvalue weighted by molar-refractivity contribution is 1.06. The molecule has 0 aromatic rings. The van der Waals surface area contributed by atoms with E-state index >= 15 is 0 Å². The number of rotatable bonds is 2. The van der Waals surface area contributed by atoms with Gasteiger partial charge in [0, 0.05) is 0 Å². The molecule has 0 bridgehead atoms. The zero-order valence-electron chi connectivity index (χ0n) is 9.26. The summed E-state index contributed by atoms with van der Waals surface area (Å²) in [6.07, 6.45) is 12.5. The molecule has 0 amide bonds. The lowest BCUT2D eigenvalue weighted by atomic mass is 10.5. The third-order valence-electron chi connectivity index (χ3n) is 2.54. The fraction of sp³-hybridized carbons (Fsp3) is 0.818. The molecule has 1 aliphatic rings. The van der Waals surface area contributed by atoms with Crippen LogP contribution in [-0.4, -0.2) is 42.6 Å². The molecule has 1 heterocycles. The van der Waals surface area contributed by atoms with Crippen LogP contribution < -0.4 is 0 Å². The van der Waals surface area contributed by atoms with E-state index in [-0.39, 0.29) is 0 Å². The monoisotopic (exact) mass is 248 g/mol. The molecule has 4 unspecified atom stereocenters. The van der Waals surface area contributed by atoms with Gasteiger partial charge in [-0.25, -0.2) is 0 Å². The van der Waals surface area contributed by atoms with Crippen molar-refractivity contribution in [2.45, 2.75) is 19.0 Å². The van der Waals surface area contributed by atoms with E-state index in [2.05, 4.69) is 19.6 Å². The summed E-state index contributed by atoms with van der Waals surface area (Å²) in [7, 11) is 2.80. The Labute approximate surface area is 94.0 Å². The Morgan fingerprint density at radius 2 is 2.29 bits per heavy atom. The highest BCUT2D eigenvalue weighted by molar-refractivity contribution is 7.58. The van der Waals surface area contributed by atoms with Gasteiger partial charge in [0.05, 0.1) is 0 Å². The summed E-state index contributed by atoms with van der Waals surface area (Å²) >= 11 is 0. The maximum atomic E-state index is 3.90. The maximum Gasteiger partial charge on any atom is -0.0147 e. The predicted octanol–water partition coefficient (Wildman–Crippen LogP) is 3.80. The molecule has 4 atom stereocenters. The quantitative estimate of drug-likeness (QED) is 0.515. The molecular formula is C11H23P3. The Morgan fingerprint density at radius 3 is 3.07 bits per heavy atom. The first-order valence-electron chi connectivity index (χ1n) is 5.60. The van der Waals surface area contributed by atoms with E-state index in [1.54, 1.807) is 0 Å². The smallest absolute Gasteiger partial charge is 0.0147 e. The van der Waals surface area contributed by atoms with Crippen molar-refractivity contribution in [2.24, 2.45) is 0 Å². The highest BCUT2D eigenvalue weighted by Gasteiger charge is 2.12. The van der Waals surface area contributed by atoms with Crippen LogP contribution in [0.5, 0.6) is 0 Å². The molecule has 0 aromatic heterocycles. The third kappa shape index (κ3) is 5.80. The first-order valence-corrected chi connectivity index (χ1v) is 10.2. The van der Waals surface area contributed by atoms with Crippen LogP contribution in [0.3, 0.4) is 0 Å². The van der Waals surface area contributed by atoms with E-state index < -0.39 is 0 Å². The van der Waals surface area contributed by atoms with Gasteiger partial charge in [-0.2, -0.15) is 0 Å². The first-order chi connectivity index (χ1) is 6.83. The van der Waals surface area contributed by atoms with Crippen LogP contribution in [0.15, 0.2) is 12.7 Å². The van der Waals surface area contributed by atoms with Crippen LogP contribution >= 0.6 is 25.1 Å². The highest BCUT2D eigenvalue weighted by Crippen LogP contribution is 2.42. The molecule has 0 radical (unpaired) electrons. The van der Waals surface area contributed by atoms with Crippen molar-refractivity contribution in [2.75, 3.05) is 37.0 Å². The molecule has 0 aromatic carbocycles. The fourth-order valence-corrected chi connectivity index (χ4v) is 8.15. The van der Waals surface area contributed by atoms with Crippen LogP contribution in [0.1, 0.15) is 13.3 Å². The lowest BCUT2D eigenvalue weighted by Gasteiger charge is -2.22. The van der Waals surface area contributed by atoms with Crippen molar-refractivity contribution >= 4 is 25.1 Å². The lowest BCUT2D eigenvalue weighted by Crippen LogP contribution is -2.07. The fourth-order valence-electron chi connectivity index (χ4n) is 1.85. The second-order valence-corrected chi connectivity index (χ2v) is 9.92. The van der Waals surface area contributed by atoms with Gasteiger partial charge in [-0.3, -0.25) is 0 Å². The van der Waals surface area contributed by atoms with Crippen molar-refractivity contribution in [3.05, 3.63) is 12.7 Å². The van der Waals surface area contributed by atoms with Crippen LogP contribution in [0, 0.1) is 0 Å². The third-order valence-corrected chi connectivity index (χ3v) is 8.92. The maximum absolute atomic E-state index is 3.90. The van der Waals surface area contributed by atoms with Gasteiger partial charge in [-0.05, 0) is 49.1 Å². The molecule has 1 saturated heterocycles. The summed E-state index contributed by atoms with van der Waals surface area (Å²) in [6, 6.07) is 0. The van der Waals surface area contributed by atoms with Crippen LogP contribution in [0.2, 0.25) is 0 Å². The van der Waals surface area contributed by atoms with Crippen molar-refractivity contribution < 1.29 is 0 Å². The molecule has 3 heteroatoms. The Kier molecular flexibility index (Phi) is 7.68. The standard InChI is InChI=1S/C11H23P3/c1-3-8-14-9-4-5-12-6-7-13-11(2)10-14/h3,11-13H,1,4-10H2,2H3. The van der Waals surface area contributed by atoms with Gasteiger partial charge in [0.2, 0.25) is 0 Å². The number of allylic oxidation sites excluding steroid dienone is 1. The van der Waals surface area contributed by atoms with Crippen molar-refractivity contribution in [1.82, 2.24) is 0 Å². The summed E-state index contributed by atoms with van der Waals surface area (Å²) in [5.74, 6) is 0. The normalized spacial score (nSPS) is 34.4. The minimum Gasteiger partial charge on any atom is -0.122 e. The molecule has 0 N–H and O–H groups in total. The van der Waals surface area contributed by atoms with Crippen molar-refractivity contribution in [3.8, 4) is 0 Å². The van der Waals surface area contributed by atoms with E-state index in [0.717, 1.165) is 5.66 Å². The summed E-state index contributed by atoms with van der Waals surface area (Å²) < 4.78 is 0. The van der Waals surface area contributed by atoms with Crippen molar-refractivity contribution in [1.29, 1.82) is 0 Å². The second kappa shape index (κ2) is 8.21. The topological polar surface area (TPSA) is 0 Å². The van der Waals surface area contributed by atoms with Gasteiger partial charge in [0.25, 0.3) is 0 Å². The Hall–Kier alpha value is 1.03. The SMILES string of the molecule is C=CCP1CCCPCCPC(C)C1. The number of hydrogen-bond acceptors (Lipinski definition) is 0. The van der Waals surface area contributed by atoms with E-state index in [9.17, 15) is 0 Å². The largest absolute Gasteiger partial charge is 0.122 e. The molecule has 14 heavy (non-hydrogen) atoms. The van der Waals surface area contributed by atoms with Gasteiger partial charge in [-0.1, -0.05) is 13.0 Å². The van der Waals surface area contributed by atoms with E-state index in [4.69, 9.17) is 0 Å². The zero-order valence-corrected chi connectivity index (χ0v) is 12.2. The van der Waals surface area contributed by atoms with Crippen LogP contribution in [0.4, 0.5) is 0 Å². The summed E-state index contributed by atoms with van der Waals surface area (Å²) in [6.45, 7) is 6.36. The Morgan fingerprint density at radius 1 is 1.43 bits per heavy atom. The summed E-state index contributed by atoms with van der Waals surface area (Å²) in [4.78, 5) is 0. The Bertz CT molecular complexity index is 159. The minimum atomic E-state index is 0.310. The van der Waals surface area contributed by atoms with Crippen LogP contribution in [-0.2, 0) is 0 Å². The van der Waals surface area contributed by atoms with E-state index in [1.807, 2.05) is 0 Å². The second-order valence-electron chi connectivity index (χ2n) is 4.01. The van der Waals surface area contributed by atoms with Gasteiger partial charge in [0.15, 0.2) is 0 Å². The average Bonchev–Trinajstić information content (AvgIpc) is 2.17. The van der Waals surface area contributed by atoms with Gasteiger partial charge in [0.1, 0.15) is 0 Å². The summed E-state index contributed by atoms with van der Waals surface area (Å²) in [5.41, 5.74) is 1.00. The molecular weight excluding hydrogens is 225 g/mol. The van der Waals surface area contributed by atoms with Gasteiger partial charge >= 0.3 is 0 Å². The molecule has 0 nitrogen and oxygen atoms in total. The van der Waals surface area contributed by atoms with Crippen molar-refractivity contribution in [3.63, 3.8) is 0 Å². The predicted molar refractivity (Wildman–Crippen MR) is 77.0 cm³/mol. The van der Waals surface area contributed by atoms with Gasteiger partial charge < -0.3 is 0 Å². The highest BCUT2D eigenvalue weighted by atomic mass is 31.1. The molecule has 1 fully saturated rings. The molecule has 0 spiro atoms. The minimum absolute atomic E-state index is 0.310. The molecule has 1 rings (SSSR count). The average molecular weight is 248 g/mol. The molecule has 0 saturated carbocycles. The van der Waals surface area contributed by atoms with E-state index in [1.165, 1.54) is 60.6 Å². The Balaban J connectivity index is 2.34. The van der Waals surface area contributed by atoms with E-state index in [0.29, 0.717) is 7.92 Å². The van der Waals surface area contributed by atoms with Crippen LogP contribution in [0.25, 0.3) is 0 Å². The zero-order chi connectivity index (χ0) is 10.2.